The van der Waals surface area contributed by atoms with Crippen LogP contribution in [0, 0.1) is 0 Å². The fraction of sp³-hybridized carbons (Fsp3) is 0.273. The summed E-state index contributed by atoms with van der Waals surface area (Å²) in [6, 6.07) is 10.6. The van der Waals surface area contributed by atoms with Gasteiger partial charge in [0.2, 0.25) is 0 Å². The summed E-state index contributed by atoms with van der Waals surface area (Å²) < 4.78 is 16.6. The molecule has 1 aliphatic rings. The largest absolute Gasteiger partial charge is 0.490 e. The van der Waals surface area contributed by atoms with E-state index >= 15 is 0 Å². The Morgan fingerprint density at radius 2 is 1.84 bits per heavy atom. The molecule has 0 N–H and O–H groups in total. The molecule has 0 bridgehead atoms. The van der Waals surface area contributed by atoms with Gasteiger partial charge in [0.05, 0.1) is 34.7 Å². The Bertz CT molecular complexity index is 1010. The maximum absolute atomic E-state index is 12.5. The Balaban J connectivity index is 1.76. The van der Waals surface area contributed by atoms with Gasteiger partial charge in [0.15, 0.2) is 11.5 Å². The molecule has 6 nitrogen and oxygen atoms in total. The van der Waals surface area contributed by atoms with Gasteiger partial charge in [-0.05, 0) is 60.2 Å². The molecule has 31 heavy (non-hydrogen) atoms. The number of hydrogen-bond donors (Lipinski definition) is 0. The fourth-order valence-electron chi connectivity index (χ4n) is 2.82. The van der Waals surface area contributed by atoms with Crippen molar-refractivity contribution in [3.05, 3.63) is 62.5 Å². The minimum atomic E-state index is -0.329. The molecule has 0 aromatic heterocycles. The Morgan fingerprint density at radius 3 is 2.55 bits per heavy atom. The SMILES string of the molecule is CCOc1cc(/C=C2/SC(=O)N(CCOC)C2=O)ccc1OCc1ccc(Cl)c(Cl)c1. The number of nitrogens with zero attached hydrogens (tertiary/aromatic N) is 1. The van der Waals surface area contributed by atoms with Gasteiger partial charge < -0.3 is 14.2 Å². The second kappa shape index (κ2) is 10.9. The van der Waals surface area contributed by atoms with Crippen LogP contribution in [0.3, 0.4) is 0 Å². The molecular formula is C22H21Cl2NO5S. The number of halogens is 2. The molecule has 0 spiro atoms. The Labute approximate surface area is 195 Å². The van der Waals surface area contributed by atoms with Crippen LogP contribution in [-0.4, -0.2) is 42.9 Å². The number of imide groups is 1. The first kappa shape index (κ1) is 23.5. The van der Waals surface area contributed by atoms with Crippen molar-refractivity contribution in [3.63, 3.8) is 0 Å². The first-order valence-electron chi connectivity index (χ1n) is 9.50. The lowest BCUT2D eigenvalue weighted by Gasteiger charge is -2.13. The molecule has 9 heteroatoms. The van der Waals surface area contributed by atoms with E-state index in [0.717, 1.165) is 22.9 Å². The number of hydrogen-bond acceptors (Lipinski definition) is 6. The van der Waals surface area contributed by atoms with E-state index in [2.05, 4.69) is 0 Å². The summed E-state index contributed by atoms with van der Waals surface area (Å²) in [6.07, 6.45) is 1.67. The van der Waals surface area contributed by atoms with E-state index in [1.165, 1.54) is 12.0 Å². The van der Waals surface area contributed by atoms with Crippen LogP contribution in [-0.2, 0) is 16.1 Å². The van der Waals surface area contributed by atoms with Crippen LogP contribution in [0.2, 0.25) is 10.0 Å². The van der Waals surface area contributed by atoms with Gasteiger partial charge >= 0.3 is 0 Å². The summed E-state index contributed by atoms with van der Waals surface area (Å²) in [4.78, 5) is 26.1. The van der Waals surface area contributed by atoms with Gasteiger partial charge in [-0.3, -0.25) is 14.5 Å². The summed E-state index contributed by atoms with van der Waals surface area (Å²) in [7, 11) is 1.52. The average Bonchev–Trinajstić information content (AvgIpc) is 3.01. The van der Waals surface area contributed by atoms with Crippen LogP contribution in [0.5, 0.6) is 11.5 Å². The van der Waals surface area contributed by atoms with Crippen LogP contribution < -0.4 is 9.47 Å². The molecule has 3 rings (SSSR count). The number of benzene rings is 2. The van der Waals surface area contributed by atoms with Crippen LogP contribution in [0.15, 0.2) is 41.3 Å². The molecule has 0 unspecified atom stereocenters. The third-order valence-corrected chi connectivity index (χ3v) is 5.98. The molecule has 2 aromatic carbocycles. The molecule has 1 aliphatic heterocycles. The molecule has 0 aliphatic carbocycles. The first-order chi connectivity index (χ1) is 14.9. The Morgan fingerprint density at radius 1 is 1.03 bits per heavy atom. The van der Waals surface area contributed by atoms with Gasteiger partial charge in [-0.15, -0.1) is 0 Å². The summed E-state index contributed by atoms with van der Waals surface area (Å²) in [5.74, 6) is 0.762. The molecule has 2 amide bonds. The summed E-state index contributed by atoms with van der Waals surface area (Å²) in [5.41, 5.74) is 1.59. The maximum Gasteiger partial charge on any atom is 0.293 e. The van der Waals surface area contributed by atoms with Crippen molar-refractivity contribution in [1.29, 1.82) is 0 Å². The molecule has 1 saturated heterocycles. The van der Waals surface area contributed by atoms with Crippen LogP contribution >= 0.6 is 35.0 Å². The van der Waals surface area contributed by atoms with E-state index in [1.54, 1.807) is 36.4 Å². The van der Waals surface area contributed by atoms with Gasteiger partial charge in [0, 0.05) is 7.11 Å². The molecular weight excluding hydrogens is 461 g/mol. The monoisotopic (exact) mass is 481 g/mol. The fourth-order valence-corrected chi connectivity index (χ4v) is 4.00. The van der Waals surface area contributed by atoms with E-state index in [1.807, 2.05) is 13.0 Å². The van der Waals surface area contributed by atoms with Crippen molar-refractivity contribution in [2.75, 3.05) is 26.9 Å². The molecule has 0 saturated carbocycles. The topological polar surface area (TPSA) is 65.1 Å². The molecule has 1 heterocycles. The quantitative estimate of drug-likeness (QED) is 0.430. The Hall–Kier alpha value is -2.19. The Kier molecular flexibility index (Phi) is 8.26. The van der Waals surface area contributed by atoms with E-state index in [4.69, 9.17) is 37.4 Å². The lowest BCUT2D eigenvalue weighted by Crippen LogP contribution is -2.31. The van der Waals surface area contributed by atoms with Crippen LogP contribution in [0.25, 0.3) is 6.08 Å². The van der Waals surface area contributed by atoms with Crippen molar-refractivity contribution < 1.29 is 23.8 Å². The molecule has 1 fully saturated rings. The van der Waals surface area contributed by atoms with Crippen molar-refractivity contribution in [2.24, 2.45) is 0 Å². The zero-order valence-corrected chi connectivity index (χ0v) is 19.4. The number of carbonyl (C=O) groups excluding carboxylic acids is 2. The van der Waals surface area contributed by atoms with Crippen molar-refractivity contribution in [1.82, 2.24) is 4.90 Å². The molecule has 0 atom stereocenters. The number of amides is 2. The van der Waals surface area contributed by atoms with Gasteiger partial charge in [0.25, 0.3) is 11.1 Å². The standard InChI is InChI=1S/C22H21Cl2NO5S/c1-3-29-19-11-14(12-20-21(26)25(8-9-28-2)22(27)31-20)5-7-18(19)30-13-15-4-6-16(23)17(24)10-15/h4-7,10-12H,3,8-9,13H2,1-2H3/b20-12+. The van der Waals surface area contributed by atoms with Gasteiger partial charge in [-0.1, -0.05) is 35.3 Å². The van der Waals surface area contributed by atoms with Crippen molar-refractivity contribution >= 4 is 52.2 Å². The number of carbonyl (C=O) groups is 2. The minimum absolute atomic E-state index is 0.226. The van der Waals surface area contributed by atoms with Gasteiger partial charge in [-0.2, -0.15) is 0 Å². The van der Waals surface area contributed by atoms with E-state index < -0.39 is 0 Å². The number of thioether (sulfide) groups is 1. The molecule has 2 aromatic rings. The van der Waals surface area contributed by atoms with E-state index in [0.29, 0.717) is 39.7 Å². The predicted molar refractivity (Wildman–Crippen MR) is 123 cm³/mol. The third kappa shape index (κ3) is 5.95. The van der Waals surface area contributed by atoms with E-state index in [9.17, 15) is 9.59 Å². The lowest BCUT2D eigenvalue weighted by atomic mass is 10.1. The molecule has 164 valence electrons. The number of methoxy groups -OCH3 is 1. The highest BCUT2D eigenvalue weighted by atomic mass is 35.5. The summed E-state index contributed by atoms with van der Waals surface area (Å²) in [5, 5.41) is 0.638. The predicted octanol–water partition coefficient (Wildman–Crippen LogP) is 5.65. The number of ether oxygens (including phenoxy) is 3. The average molecular weight is 482 g/mol. The normalized spacial score (nSPS) is 15.1. The highest BCUT2D eigenvalue weighted by Gasteiger charge is 2.34. The van der Waals surface area contributed by atoms with E-state index in [-0.39, 0.29) is 24.3 Å². The zero-order valence-electron chi connectivity index (χ0n) is 17.0. The van der Waals surface area contributed by atoms with Crippen LogP contribution in [0.1, 0.15) is 18.1 Å². The molecule has 0 radical (unpaired) electrons. The third-order valence-electron chi connectivity index (χ3n) is 4.34. The van der Waals surface area contributed by atoms with Gasteiger partial charge in [-0.25, -0.2) is 0 Å². The second-order valence-corrected chi connectivity index (χ2v) is 8.31. The highest BCUT2D eigenvalue weighted by Crippen LogP contribution is 2.35. The summed E-state index contributed by atoms with van der Waals surface area (Å²) >= 11 is 12.9. The first-order valence-corrected chi connectivity index (χ1v) is 11.1. The minimum Gasteiger partial charge on any atom is -0.490 e. The summed E-state index contributed by atoms with van der Waals surface area (Å²) in [6.45, 7) is 3.13. The van der Waals surface area contributed by atoms with Crippen molar-refractivity contribution in [2.45, 2.75) is 13.5 Å². The second-order valence-electron chi connectivity index (χ2n) is 6.50. The maximum atomic E-state index is 12.5. The lowest BCUT2D eigenvalue weighted by molar-refractivity contribution is -0.123. The number of rotatable bonds is 9. The zero-order chi connectivity index (χ0) is 22.4. The van der Waals surface area contributed by atoms with Gasteiger partial charge in [0.1, 0.15) is 6.61 Å². The van der Waals surface area contributed by atoms with Crippen molar-refractivity contribution in [3.8, 4) is 11.5 Å². The smallest absolute Gasteiger partial charge is 0.293 e. The van der Waals surface area contributed by atoms with Crippen LogP contribution in [0.4, 0.5) is 4.79 Å². The highest BCUT2D eigenvalue weighted by molar-refractivity contribution is 8.18.